The molecule has 0 aliphatic carbocycles. The molecule has 1 aromatic carbocycles. The summed E-state index contributed by atoms with van der Waals surface area (Å²) < 4.78 is 23.4. The highest BCUT2D eigenvalue weighted by Gasteiger charge is 2.35. The van der Waals surface area contributed by atoms with E-state index in [4.69, 9.17) is 0 Å². The highest BCUT2D eigenvalue weighted by Crippen LogP contribution is 2.28. The van der Waals surface area contributed by atoms with Gasteiger partial charge < -0.3 is 4.90 Å². The van der Waals surface area contributed by atoms with Crippen molar-refractivity contribution in [1.29, 1.82) is 0 Å². The number of carbonyl (C=O) groups is 1. The minimum absolute atomic E-state index is 0.0131. The van der Waals surface area contributed by atoms with E-state index in [9.17, 15) is 13.2 Å². The van der Waals surface area contributed by atoms with E-state index in [0.29, 0.717) is 12.8 Å². The third-order valence-corrected chi connectivity index (χ3v) is 5.52. The van der Waals surface area contributed by atoms with Crippen LogP contribution in [-0.2, 0) is 14.6 Å². The van der Waals surface area contributed by atoms with Crippen molar-refractivity contribution in [3.05, 3.63) is 29.3 Å². The first-order chi connectivity index (χ1) is 9.34. The number of carbonyl (C=O) groups excluding carboxylic acids is 1. The summed E-state index contributed by atoms with van der Waals surface area (Å²) in [6.45, 7) is 5.74. The molecule has 1 amide bonds. The van der Waals surface area contributed by atoms with E-state index in [1.165, 1.54) is 0 Å². The van der Waals surface area contributed by atoms with Gasteiger partial charge in [0.05, 0.1) is 17.5 Å². The molecule has 4 nitrogen and oxygen atoms in total. The normalized spacial score (nSPS) is 20.9. The van der Waals surface area contributed by atoms with Crippen molar-refractivity contribution in [2.75, 3.05) is 16.4 Å². The SMILES string of the molecule is CCC(=O)N(c1cc(C)ccc1C)C1CCS(=O)(=O)C1. The van der Waals surface area contributed by atoms with Crippen LogP contribution in [0, 0.1) is 13.8 Å². The number of nitrogens with zero attached hydrogens (tertiary/aromatic N) is 1. The summed E-state index contributed by atoms with van der Waals surface area (Å²) in [7, 11) is -3.01. The van der Waals surface area contributed by atoms with Gasteiger partial charge >= 0.3 is 0 Å². The third-order valence-electron chi connectivity index (χ3n) is 3.77. The van der Waals surface area contributed by atoms with E-state index in [-0.39, 0.29) is 23.5 Å². The molecule has 2 rings (SSSR count). The second-order valence-corrected chi connectivity index (χ2v) is 7.69. The van der Waals surface area contributed by atoms with Crippen LogP contribution in [0.2, 0.25) is 0 Å². The van der Waals surface area contributed by atoms with E-state index in [0.717, 1.165) is 16.8 Å². The molecule has 1 aliphatic rings. The van der Waals surface area contributed by atoms with Gasteiger partial charge in [-0.3, -0.25) is 4.79 Å². The standard InChI is InChI=1S/C15H21NO3S/c1-4-15(17)16(13-7-8-20(18,19)10-13)14-9-11(2)5-6-12(14)3/h5-6,9,13H,4,7-8,10H2,1-3H3. The lowest BCUT2D eigenvalue weighted by Crippen LogP contribution is -2.41. The maximum absolute atomic E-state index is 12.3. The molecule has 1 saturated heterocycles. The van der Waals surface area contributed by atoms with Gasteiger partial charge in [-0.1, -0.05) is 19.1 Å². The van der Waals surface area contributed by atoms with Crippen molar-refractivity contribution in [2.45, 2.75) is 39.7 Å². The number of benzene rings is 1. The van der Waals surface area contributed by atoms with Crippen molar-refractivity contribution < 1.29 is 13.2 Å². The topological polar surface area (TPSA) is 54.5 Å². The molecule has 1 aliphatic heterocycles. The van der Waals surface area contributed by atoms with Gasteiger partial charge in [-0.2, -0.15) is 0 Å². The molecular weight excluding hydrogens is 274 g/mol. The maximum atomic E-state index is 12.3. The Morgan fingerprint density at radius 2 is 2.05 bits per heavy atom. The first-order valence-corrected chi connectivity index (χ1v) is 8.76. The maximum Gasteiger partial charge on any atom is 0.226 e. The number of amides is 1. The Morgan fingerprint density at radius 3 is 2.60 bits per heavy atom. The van der Waals surface area contributed by atoms with Crippen molar-refractivity contribution in [2.24, 2.45) is 0 Å². The van der Waals surface area contributed by atoms with Crippen molar-refractivity contribution in [1.82, 2.24) is 0 Å². The quantitative estimate of drug-likeness (QED) is 0.859. The van der Waals surface area contributed by atoms with Gasteiger partial charge in [0.15, 0.2) is 9.84 Å². The molecule has 0 N–H and O–H groups in total. The first kappa shape index (κ1) is 15.0. The zero-order valence-corrected chi connectivity index (χ0v) is 13.0. The number of rotatable bonds is 3. The second-order valence-electron chi connectivity index (χ2n) is 5.46. The van der Waals surface area contributed by atoms with Gasteiger partial charge in [-0.25, -0.2) is 8.42 Å². The number of sulfone groups is 1. The third kappa shape index (κ3) is 3.03. The fourth-order valence-corrected chi connectivity index (χ4v) is 4.36. The lowest BCUT2D eigenvalue weighted by atomic mass is 10.1. The summed E-state index contributed by atoms with van der Waals surface area (Å²) in [5.41, 5.74) is 2.92. The Hall–Kier alpha value is -1.36. The molecule has 1 heterocycles. The highest BCUT2D eigenvalue weighted by molar-refractivity contribution is 7.91. The Bertz CT molecular complexity index is 622. The molecule has 110 valence electrons. The van der Waals surface area contributed by atoms with Gasteiger partial charge in [-0.05, 0) is 37.5 Å². The Balaban J connectivity index is 2.43. The van der Waals surface area contributed by atoms with Crippen LogP contribution in [-0.4, -0.2) is 31.9 Å². The van der Waals surface area contributed by atoms with Crippen LogP contribution in [0.4, 0.5) is 5.69 Å². The number of anilines is 1. The molecular formula is C15H21NO3S. The molecule has 5 heteroatoms. The molecule has 0 radical (unpaired) electrons. The van der Waals surface area contributed by atoms with E-state index < -0.39 is 9.84 Å². The van der Waals surface area contributed by atoms with E-state index in [1.807, 2.05) is 39.0 Å². The molecule has 20 heavy (non-hydrogen) atoms. The van der Waals surface area contributed by atoms with E-state index >= 15 is 0 Å². The molecule has 0 spiro atoms. The average molecular weight is 295 g/mol. The Labute approximate surface area is 120 Å². The Kier molecular flexibility index (Phi) is 4.18. The molecule has 1 atom stereocenters. The minimum atomic E-state index is -3.01. The molecule has 1 unspecified atom stereocenters. The number of aryl methyl sites for hydroxylation is 2. The van der Waals surface area contributed by atoms with Gasteiger partial charge in [0, 0.05) is 12.1 Å². The van der Waals surface area contributed by atoms with Crippen molar-refractivity contribution in [3.8, 4) is 0 Å². The number of hydrogen-bond acceptors (Lipinski definition) is 3. The van der Waals surface area contributed by atoms with Gasteiger partial charge in [-0.15, -0.1) is 0 Å². The second kappa shape index (κ2) is 5.56. The minimum Gasteiger partial charge on any atom is -0.308 e. The summed E-state index contributed by atoms with van der Waals surface area (Å²) in [6, 6.07) is 5.71. The fraction of sp³-hybridized carbons (Fsp3) is 0.533. The highest BCUT2D eigenvalue weighted by atomic mass is 32.2. The molecule has 1 aromatic rings. The summed E-state index contributed by atoms with van der Waals surface area (Å²) in [5.74, 6) is 0.239. The van der Waals surface area contributed by atoms with Crippen LogP contribution in [0.3, 0.4) is 0 Å². The molecule has 0 bridgehead atoms. The molecule has 0 saturated carbocycles. The van der Waals surface area contributed by atoms with Crippen LogP contribution >= 0.6 is 0 Å². The zero-order chi connectivity index (χ0) is 14.9. The lowest BCUT2D eigenvalue weighted by molar-refractivity contribution is -0.118. The summed E-state index contributed by atoms with van der Waals surface area (Å²) in [4.78, 5) is 14.0. The van der Waals surface area contributed by atoms with Crippen molar-refractivity contribution >= 4 is 21.4 Å². The fourth-order valence-electron chi connectivity index (χ4n) is 2.66. The lowest BCUT2D eigenvalue weighted by Gasteiger charge is -2.30. The molecule has 0 aromatic heterocycles. The smallest absolute Gasteiger partial charge is 0.226 e. The van der Waals surface area contributed by atoms with Gasteiger partial charge in [0.1, 0.15) is 0 Å². The van der Waals surface area contributed by atoms with E-state index in [2.05, 4.69) is 0 Å². The predicted octanol–water partition coefficient (Wildman–Crippen LogP) is 2.23. The summed E-state index contributed by atoms with van der Waals surface area (Å²) in [6.07, 6.45) is 0.908. The Morgan fingerprint density at radius 1 is 1.35 bits per heavy atom. The predicted molar refractivity (Wildman–Crippen MR) is 80.8 cm³/mol. The monoisotopic (exact) mass is 295 g/mol. The van der Waals surface area contributed by atoms with Crippen LogP contribution in [0.15, 0.2) is 18.2 Å². The largest absolute Gasteiger partial charge is 0.308 e. The van der Waals surface area contributed by atoms with Gasteiger partial charge in [0.2, 0.25) is 5.91 Å². The van der Waals surface area contributed by atoms with Crippen LogP contribution in [0.25, 0.3) is 0 Å². The molecule has 1 fully saturated rings. The van der Waals surface area contributed by atoms with Crippen LogP contribution in [0.5, 0.6) is 0 Å². The van der Waals surface area contributed by atoms with E-state index in [1.54, 1.807) is 4.90 Å². The zero-order valence-electron chi connectivity index (χ0n) is 12.2. The summed E-state index contributed by atoms with van der Waals surface area (Å²) >= 11 is 0. The summed E-state index contributed by atoms with van der Waals surface area (Å²) in [5, 5.41) is 0. The van der Waals surface area contributed by atoms with Crippen molar-refractivity contribution in [3.63, 3.8) is 0 Å². The van der Waals surface area contributed by atoms with Crippen LogP contribution < -0.4 is 4.90 Å². The van der Waals surface area contributed by atoms with Crippen LogP contribution in [0.1, 0.15) is 30.9 Å². The van der Waals surface area contributed by atoms with Gasteiger partial charge in [0.25, 0.3) is 0 Å². The average Bonchev–Trinajstić information content (AvgIpc) is 2.74. The first-order valence-electron chi connectivity index (χ1n) is 6.94. The number of hydrogen-bond donors (Lipinski definition) is 0.